The Balaban J connectivity index is 1.65. The van der Waals surface area contributed by atoms with Gasteiger partial charge in [0.25, 0.3) is 5.71 Å². The monoisotopic (exact) mass is 408 g/mol. The van der Waals surface area contributed by atoms with E-state index in [0.717, 1.165) is 27.0 Å². The molecule has 0 spiro atoms. The highest BCUT2D eigenvalue weighted by Crippen LogP contribution is 2.44. The maximum Gasteiger partial charge on any atom is 0.258 e. The van der Waals surface area contributed by atoms with Gasteiger partial charge in [0.15, 0.2) is 5.41 Å². The van der Waals surface area contributed by atoms with E-state index in [9.17, 15) is 0 Å². The van der Waals surface area contributed by atoms with Crippen LogP contribution in [0.2, 0.25) is 0 Å². The third-order valence-electron chi connectivity index (χ3n) is 4.61. The lowest BCUT2D eigenvalue weighted by Gasteiger charge is -2.18. The average Bonchev–Trinajstić information content (AvgIpc) is 3.33. The van der Waals surface area contributed by atoms with E-state index in [2.05, 4.69) is 28.7 Å². The van der Waals surface area contributed by atoms with Crippen molar-refractivity contribution in [2.45, 2.75) is 12.3 Å². The van der Waals surface area contributed by atoms with Gasteiger partial charge in [0.2, 0.25) is 0 Å². The Labute approximate surface area is 166 Å². The van der Waals surface area contributed by atoms with Gasteiger partial charge in [-0.05, 0) is 54.4 Å². The molecule has 28 heavy (non-hydrogen) atoms. The second-order valence-corrected chi connectivity index (χ2v) is 8.16. The number of benzene rings is 1. The first-order valence-corrected chi connectivity index (χ1v) is 9.90. The minimum absolute atomic E-state index is 0.173. The normalized spacial score (nSPS) is 13.8. The van der Waals surface area contributed by atoms with Crippen LogP contribution in [-0.4, -0.2) is 19.5 Å². The van der Waals surface area contributed by atoms with Crippen LogP contribution in [0.15, 0.2) is 59.4 Å². The highest BCUT2D eigenvalue weighted by Gasteiger charge is 2.35. The molecule has 5 nitrogen and oxygen atoms in total. The molecule has 0 saturated carbocycles. The van der Waals surface area contributed by atoms with Crippen LogP contribution in [0.4, 0.5) is 4.39 Å². The molecule has 1 aromatic carbocycles. The first-order valence-electron chi connectivity index (χ1n) is 8.55. The topological polar surface area (TPSA) is 64.7 Å². The zero-order chi connectivity index (χ0) is 19.3. The van der Waals surface area contributed by atoms with Crippen molar-refractivity contribution in [2.24, 2.45) is 0 Å². The Bertz CT molecular complexity index is 1330. The van der Waals surface area contributed by atoms with Gasteiger partial charge in [-0.1, -0.05) is 26.5 Å². The molecule has 0 N–H and O–H groups in total. The zero-order valence-corrected chi connectivity index (χ0v) is 16.7. The molecule has 0 saturated heterocycles. The Morgan fingerprint density at radius 2 is 2.04 bits per heavy atom. The van der Waals surface area contributed by atoms with Crippen molar-refractivity contribution in [1.29, 1.82) is 0 Å². The number of alkyl halides is 1. The maximum atomic E-state index is 16.0. The van der Waals surface area contributed by atoms with Gasteiger partial charge in [-0.2, -0.15) is 4.37 Å². The number of nitrogens with zero attached hydrogens (tertiary/aromatic N) is 4. The Kier molecular flexibility index (Phi) is 3.96. The van der Waals surface area contributed by atoms with Gasteiger partial charge in [-0.3, -0.25) is 4.98 Å². The number of pyridine rings is 2. The first-order chi connectivity index (χ1) is 13.5. The van der Waals surface area contributed by atoms with E-state index < -0.39 is 5.41 Å². The van der Waals surface area contributed by atoms with Crippen molar-refractivity contribution in [3.05, 3.63) is 71.8 Å². The molecule has 2 unspecified atom stereocenters. The van der Waals surface area contributed by atoms with Gasteiger partial charge in [0.1, 0.15) is 5.69 Å². The lowest BCUT2D eigenvalue weighted by atomic mass is 10.0. The maximum absolute atomic E-state index is 16.0. The van der Waals surface area contributed by atoms with E-state index in [1.54, 1.807) is 30.6 Å². The highest BCUT2D eigenvalue weighted by atomic mass is 32.1. The van der Waals surface area contributed by atoms with E-state index in [0.29, 0.717) is 16.7 Å². The van der Waals surface area contributed by atoms with Crippen molar-refractivity contribution in [3.8, 4) is 10.4 Å². The molecule has 0 bridgehead atoms. The standard InChI is InChI=1S/C20H14FN4OPS/c1-11-7-17(28-25-11)13-9-15-18(24-26-19(15)23-10-13)20(21,27)14-4-5-16-12(8-14)3-2-6-22-16/h2-10H,27H2,1H3. The molecule has 0 aliphatic heterocycles. The fourth-order valence-corrected chi connectivity index (χ4v) is 4.29. The van der Waals surface area contributed by atoms with Crippen LogP contribution in [0.3, 0.4) is 0 Å². The summed E-state index contributed by atoms with van der Waals surface area (Å²) in [6, 6.07) is 12.8. The van der Waals surface area contributed by atoms with Crippen molar-refractivity contribution in [2.75, 3.05) is 0 Å². The Morgan fingerprint density at radius 1 is 1.14 bits per heavy atom. The summed E-state index contributed by atoms with van der Waals surface area (Å²) in [6.07, 6.45) is 3.40. The van der Waals surface area contributed by atoms with Crippen LogP contribution in [0, 0.1) is 6.92 Å². The molecule has 0 amide bonds. The molecule has 0 aliphatic carbocycles. The van der Waals surface area contributed by atoms with Gasteiger partial charge < -0.3 is 4.52 Å². The third kappa shape index (κ3) is 2.79. The number of hydrogen-bond donors (Lipinski definition) is 0. The molecule has 5 rings (SSSR count). The molecule has 0 aliphatic rings. The third-order valence-corrected chi connectivity index (χ3v) is 6.15. The van der Waals surface area contributed by atoms with Crippen LogP contribution in [0.1, 0.15) is 17.0 Å². The fourth-order valence-electron chi connectivity index (χ4n) is 3.17. The van der Waals surface area contributed by atoms with Crippen LogP contribution >= 0.6 is 20.8 Å². The lowest BCUT2D eigenvalue weighted by molar-refractivity contribution is 0.324. The summed E-state index contributed by atoms with van der Waals surface area (Å²) in [4.78, 5) is 9.56. The van der Waals surface area contributed by atoms with Crippen LogP contribution < -0.4 is 0 Å². The number of aryl methyl sites for hydroxylation is 1. The molecule has 8 heteroatoms. The number of fused-ring (bicyclic) bond motifs is 2. The quantitative estimate of drug-likeness (QED) is 0.382. The Hall–Kier alpha value is -2.76. The molecular weight excluding hydrogens is 394 g/mol. The highest BCUT2D eigenvalue weighted by molar-refractivity contribution is 7.18. The second-order valence-electron chi connectivity index (χ2n) is 6.56. The predicted octanol–water partition coefficient (Wildman–Crippen LogP) is 5.25. The molecule has 2 atom stereocenters. The number of rotatable bonds is 3. The second kappa shape index (κ2) is 6.40. The van der Waals surface area contributed by atoms with E-state index >= 15 is 4.39 Å². The summed E-state index contributed by atoms with van der Waals surface area (Å²) in [5, 5.41) is 3.46. The molecule has 138 valence electrons. The van der Waals surface area contributed by atoms with E-state index in [1.165, 1.54) is 11.5 Å². The molecule has 4 aromatic heterocycles. The molecule has 4 heterocycles. The summed E-state index contributed by atoms with van der Waals surface area (Å²) in [5.41, 5.74) is 3.51. The van der Waals surface area contributed by atoms with Crippen LogP contribution in [0.5, 0.6) is 0 Å². The number of aromatic nitrogens is 4. The summed E-state index contributed by atoms with van der Waals surface area (Å²) < 4.78 is 25.6. The van der Waals surface area contributed by atoms with E-state index in [4.69, 9.17) is 4.52 Å². The fraction of sp³-hybridized carbons (Fsp3) is 0.100. The number of halogens is 1. The first kappa shape index (κ1) is 17.3. The predicted molar refractivity (Wildman–Crippen MR) is 111 cm³/mol. The van der Waals surface area contributed by atoms with Gasteiger partial charge in [0.05, 0.1) is 21.5 Å². The van der Waals surface area contributed by atoms with E-state index in [1.807, 2.05) is 31.2 Å². The minimum atomic E-state index is -1.93. The van der Waals surface area contributed by atoms with Gasteiger partial charge in [-0.25, -0.2) is 9.37 Å². The molecule has 5 aromatic rings. The SMILES string of the molecule is Cc1cc(-c2cnc3onc(C(F)(P)c4ccc5ncccc5c4)c3c2)sn1. The zero-order valence-electron chi connectivity index (χ0n) is 14.8. The minimum Gasteiger partial charge on any atom is -0.335 e. The molecular formula is C20H14FN4OPS. The average molecular weight is 408 g/mol. The van der Waals surface area contributed by atoms with Crippen molar-refractivity contribution < 1.29 is 8.91 Å². The number of hydrogen-bond acceptors (Lipinski definition) is 6. The Morgan fingerprint density at radius 3 is 2.86 bits per heavy atom. The van der Waals surface area contributed by atoms with Crippen molar-refractivity contribution in [1.82, 2.24) is 19.5 Å². The largest absolute Gasteiger partial charge is 0.335 e. The summed E-state index contributed by atoms with van der Waals surface area (Å²) in [6.45, 7) is 1.93. The molecule has 0 radical (unpaired) electrons. The summed E-state index contributed by atoms with van der Waals surface area (Å²) >= 11 is 1.38. The van der Waals surface area contributed by atoms with Gasteiger partial charge in [0, 0.05) is 23.3 Å². The lowest BCUT2D eigenvalue weighted by Crippen LogP contribution is -2.14. The van der Waals surface area contributed by atoms with E-state index in [-0.39, 0.29) is 5.69 Å². The summed E-state index contributed by atoms with van der Waals surface area (Å²) in [7, 11) is 2.26. The van der Waals surface area contributed by atoms with Crippen molar-refractivity contribution in [3.63, 3.8) is 0 Å². The molecule has 0 fully saturated rings. The smallest absolute Gasteiger partial charge is 0.258 e. The van der Waals surface area contributed by atoms with Crippen molar-refractivity contribution >= 4 is 42.8 Å². The van der Waals surface area contributed by atoms with Crippen LogP contribution in [0.25, 0.3) is 32.4 Å². The van der Waals surface area contributed by atoms with Gasteiger partial charge in [-0.15, -0.1) is 0 Å². The summed E-state index contributed by atoms with van der Waals surface area (Å²) in [5.74, 6) is 0. The van der Waals surface area contributed by atoms with Gasteiger partial charge >= 0.3 is 0 Å². The van der Waals surface area contributed by atoms with Crippen LogP contribution in [-0.2, 0) is 5.41 Å².